The van der Waals surface area contributed by atoms with Crippen molar-refractivity contribution in [2.24, 2.45) is 5.41 Å². The Labute approximate surface area is 133 Å². The molecule has 1 aliphatic rings. The van der Waals surface area contributed by atoms with Crippen molar-refractivity contribution >= 4 is 11.6 Å². The molecule has 0 aliphatic carbocycles. The SMILES string of the molecule is CNCCC(C)(C)CCc1cc2c(cc1Cl)OCCCO2. The van der Waals surface area contributed by atoms with Gasteiger partial charge < -0.3 is 14.8 Å². The first-order chi connectivity index (χ1) is 10.0. The van der Waals surface area contributed by atoms with Gasteiger partial charge in [0.15, 0.2) is 11.5 Å². The minimum absolute atomic E-state index is 0.302. The highest BCUT2D eigenvalue weighted by Gasteiger charge is 2.19. The Bertz CT molecular complexity index is 474. The molecule has 2 rings (SSSR count). The molecule has 3 nitrogen and oxygen atoms in total. The Hall–Kier alpha value is -0.930. The Kier molecular flexibility index (Phi) is 5.77. The van der Waals surface area contributed by atoms with Crippen LogP contribution in [-0.2, 0) is 6.42 Å². The predicted molar refractivity (Wildman–Crippen MR) is 87.7 cm³/mol. The molecule has 118 valence electrons. The summed E-state index contributed by atoms with van der Waals surface area (Å²) in [7, 11) is 2.00. The number of halogens is 1. The van der Waals surface area contributed by atoms with Crippen LogP contribution in [-0.4, -0.2) is 26.8 Å². The summed E-state index contributed by atoms with van der Waals surface area (Å²) in [6.45, 7) is 7.06. The first-order valence-corrected chi connectivity index (χ1v) is 8.12. The van der Waals surface area contributed by atoms with E-state index in [1.807, 2.05) is 13.1 Å². The van der Waals surface area contributed by atoms with E-state index in [-0.39, 0.29) is 0 Å². The van der Waals surface area contributed by atoms with E-state index in [9.17, 15) is 0 Å². The van der Waals surface area contributed by atoms with Crippen LogP contribution >= 0.6 is 11.6 Å². The van der Waals surface area contributed by atoms with Crippen LogP contribution < -0.4 is 14.8 Å². The Morgan fingerprint density at radius 2 is 1.81 bits per heavy atom. The van der Waals surface area contributed by atoms with Crippen LogP contribution in [0.15, 0.2) is 12.1 Å². The molecule has 4 heteroatoms. The standard InChI is InChI=1S/C17H26ClNO2/c1-17(2,7-8-19-3)6-5-13-11-15-16(12-14(13)18)21-10-4-9-20-15/h11-12,19H,4-10H2,1-3H3. The van der Waals surface area contributed by atoms with E-state index in [1.165, 1.54) is 0 Å². The summed E-state index contributed by atoms with van der Waals surface area (Å²) < 4.78 is 11.4. The zero-order valence-electron chi connectivity index (χ0n) is 13.3. The van der Waals surface area contributed by atoms with Crippen molar-refractivity contribution in [2.45, 2.75) is 39.5 Å². The normalized spacial score (nSPS) is 14.9. The van der Waals surface area contributed by atoms with Crippen LogP contribution in [0.5, 0.6) is 11.5 Å². The molecular formula is C17H26ClNO2. The second kappa shape index (κ2) is 7.37. The maximum atomic E-state index is 6.40. The molecule has 0 atom stereocenters. The number of hydrogen-bond acceptors (Lipinski definition) is 3. The largest absolute Gasteiger partial charge is 0.490 e. The monoisotopic (exact) mass is 311 g/mol. The summed E-state index contributed by atoms with van der Waals surface area (Å²) >= 11 is 6.40. The van der Waals surface area contributed by atoms with Gasteiger partial charge in [-0.25, -0.2) is 0 Å². The second-order valence-electron chi connectivity index (χ2n) is 6.46. The van der Waals surface area contributed by atoms with Gasteiger partial charge >= 0.3 is 0 Å². The lowest BCUT2D eigenvalue weighted by atomic mass is 9.83. The van der Waals surface area contributed by atoms with Crippen molar-refractivity contribution in [3.8, 4) is 11.5 Å². The molecule has 0 saturated heterocycles. The minimum atomic E-state index is 0.302. The van der Waals surface area contributed by atoms with Gasteiger partial charge in [-0.2, -0.15) is 0 Å². The van der Waals surface area contributed by atoms with Crippen molar-refractivity contribution in [1.82, 2.24) is 5.32 Å². The van der Waals surface area contributed by atoms with Gasteiger partial charge in [-0.3, -0.25) is 0 Å². The zero-order valence-corrected chi connectivity index (χ0v) is 14.1. The quantitative estimate of drug-likeness (QED) is 0.859. The van der Waals surface area contributed by atoms with E-state index in [0.29, 0.717) is 18.6 Å². The molecule has 0 bridgehead atoms. The predicted octanol–water partition coefficient (Wildman–Crippen LogP) is 4.07. The third kappa shape index (κ3) is 4.79. The van der Waals surface area contributed by atoms with Crippen molar-refractivity contribution in [3.05, 3.63) is 22.7 Å². The molecule has 1 aromatic rings. The zero-order chi connectivity index (χ0) is 15.3. The first kappa shape index (κ1) is 16.4. The lowest BCUT2D eigenvalue weighted by Crippen LogP contribution is -2.20. The molecular weight excluding hydrogens is 286 g/mol. The lowest BCUT2D eigenvalue weighted by Gasteiger charge is -2.25. The van der Waals surface area contributed by atoms with Gasteiger partial charge in [-0.05, 0) is 49.9 Å². The van der Waals surface area contributed by atoms with Crippen LogP contribution in [0, 0.1) is 5.41 Å². The Morgan fingerprint density at radius 1 is 1.14 bits per heavy atom. The van der Waals surface area contributed by atoms with Gasteiger partial charge in [0.2, 0.25) is 0 Å². The smallest absolute Gasteiger partial charge is 0.162 e. The van der Waals surface area contributed by atoms with Gasteiger partial charge in [0, 0.05) is 17.5 Å². The van der Waals surface area contributed by atoms with Crippen LogP contribution in [0.4, 0.5) is 0 Å². The highest BCUT2D eigenvalue weighted by atomic mass is 35.5. The second-order valence-corrected chi connectivity index (χ2v) is 6.87. The third-order valence-electron chi connectivity index (χ3n) is 4.04. The molecule has 1 aromatic carbocycles. The van der Waals surface area contributed by atoms with E-state index < -0.39 is 0 Å². The van der Waals surface area contributed by atoms with E-state index in [1.54, 1.807) is 0 Å². The fraction of sp³-hybridized carbons (Fsp3) is 0.647. The molecule has 0 radical (unpaired) electrons. The van der Waals surface area contributed by atoms with Crippen LogP contribution in [0.2, 0.25) is 5.02 Å². The van der Waals surface area contributed by atoms with E-state index in [4.69, 9.17) is 21.1 Å². The number of nitrogens with one attached hydrogen (secondary N) is 1. The molecule has 1 heterocycles. The summed E-state index contributed by atoms with van der Waals surface area (Å²) in [5, 5.41) is 4.00. The number of hydrogen-bond donors (Lipinski definition) is 1. The van der Waals surface area contributed by atoms with Gasteiger partial charge in [0.05, 0.1) is 13.2 Å². The maximum Gasteiger partial charge on any atom is 0.162 e. The van der Waals surface area contributed by atoms with E-state index in [2.05, 4.69) is 25.2 Å². The number of rotatable bonds is 6. The molecule has 0 spiro atoms. The molecule has 21 heavy (non-hydrogen) atoms. The average molecular weight is 312 g/mol. The van der Waals surface area contributed by atoms with E-state index >= 15 is 0 Å². The van der Waals surface area contributed by atoms with Crippen molar-refractivity contribution in [1.29, 1.82) is 0 Å². The Balaban J connectivity index is 2.05. The number of ether oxygens (including phenoxy) is 2. The van der Waals surface area contributed by atoms with Gasteiger partial charge in [-0.1, -0.05) is 25.4 Å². The van der Waals surface area contributed by atoms with Crippen molar-refractivity contribution in [3.63, 3.8) is 0 Å². The van der Waals surface area contributed by atoms with Crippen LogP contribution in [0.25, 0.3) is 0 Å². The topological polar surface area (TPSA) is 30.5 Å². The molecule has 0 unspecified atom stereocenters. The average Bonchev–Trinajstić information content (AvgIpc) is 2.67. The third-order valence-corrected chi connectivity index (χ3v) is 4.39. The van der Waals surface area contributed by atoms with Crippen LogP contribution in [0.3, 0.4) is 0 Å². The van der Waals surface area contributed by atoms with Crippen molar-refractivity contribution in [2.75, 3.05) is 26.8 Å². The summed E-state index contributed by atoms with van der Waals surface area (Å²) in [4.78, 5) is 0. The minimum Gasteiger partial charge on any atom is -0.490 e. The molecule has 0 aromatic heterocycles. The van der Waals surface area contributed by atoms with Gasteiger partial charge in [0.25, 0.3) is 0 Å². The highest BCUT2D eigenvalue weighted by molar-refractivity contribution is 6.31. The Morgan fingerprint density at radius 3 is 2.48 bits per heavy atom. The lowest BCUT2D eigenvalue weighted by molar-refractivity contribution is 0.296. The maximum absolute atomic E-state index is 6.40. The van der Waals surface area contributed by atoms with Crippen molar-refractivity contribution < 1.29 is 9.47 Å². The fourth-order valence-electron chi connectivity index (χ4n) is 2.48. The number of benzene rings is 1. The summed E-state index contributed by atoms with van der Waals surface area (Å²) in [5.41, 5.74) is 1.45. The molecule has 1 aliphatic heterocycles. The fourth-order valence-corrected chi connectivity index (χ4v) is 2.73. The van der Waals surface area contributed by atoms with Gasteiger partial charge in [-0.15, -0.1) is 0 Å². The number of aryl methyl sites for hydroxylation is 1. The molecule has 0 amide bonds. The number of fused-ring (bicyclic) bond motifs is 1. The highest BCUT2D eigenvalue weighted by Crippen LogP contribution is 2.37. The van der Waals surface area contributed by atoms with Gasteiger partial charge in [0.1, 0.15) is 0 Å². The van der Waals surface area contributed by atoms with E-state index in [0.717, 1.165) is 54.3 Å². The summed E-state index contributed by atoms with van der Waals surface area (Å²) in [5.74, 6) is 1.61. The van der Waals surface area contributed by atoms with Crippen LogP contribution in [0.1, 0.15) is 38.7 Å². The molecule has 0 saturated carbocycles. The summed E-state index contributed by atoms with van der Waals surface area (Å²) in [6.07, 6.45) is 4.14. The molecule has 0 fully saturated rings. The molecule has 1 N–H and O–H groups in total. The summed E-state index contributed by atoms with van der Waals surface area (Å²) in [6, 6.07) is 3.95. The first-order valence-electron chi connectivity index (χ1n) is 7.74.